The zero-order chi connectivity index (χ0) is 31.0. The van der Waals surface area contributed by atoms with Crippen molar-refractivity contribution in [1.29, 1.82) is 0 Å². The van der Waals surface area contributed by atoms with E-state index in [-0.39, 0.29) is 29.1 Å². The Kier molecular flexibility index (Phi) is 11.2. The lowest BCUT2D eigenvalue weighted by Crippen LogP contribution is -2.52. The Hall–Kier alpha value is -3.76. The Bertz CT molecular complexity index is 1500. The number of carbonyl (C=O) groups excluding carboxylic acids is 2. The number of rotatable bonds is 13. The summed E-state index contributed by atoms with van der Waals surface area (Å²) in [5.74, 6) is -0.257. The normalized spacial score (nSPS) is 12.6. The van der Waals surface area contributed by atoms with Crippen LogP contribution in [0.1, 0.15) is 38.3 Å². The highest BCUT2D eigenvalue weighted by atomic mass is 35.5. The molecule has 0 saturated heterocycles. The maximum atomic E-state index is 14.1. The van der Waals surface area contributed by atoms with E-state index >= 15 is 0 Å². The van der Waals surface area contributed by atoms with Gasteiger partial charge in [-0.25, -0.2) is 8.42 Å². The molecule has 0 aromatic heterocycles. The maximum Gasteiger partial charge on any atom is 0.264 e. The molecule has 0 aliphatic heterocycles. The highest BCUT2D eigenvalue weighted by molar-refractivity contribution is 7.92. The Balaban J connectivity index is 2.10. The summed E-state index contributed by atoms with van der Waals surface area (Å²) >= 11 is 6.42. The first-order valence-electron chi connectivity index (χ1n) is 13.6. The van der Waals surface area contributed by atoms with E-state index in [1.54, 1.807) is 49.4 Å². The summed E-state index contributed by atoms with van der Waals surface area (Å²) in [4.78, 5) is 28.6. The van der Waals surface area contributed by atoms with Crippen LogP contribution in [0.2, 0.25) is 5.02 Å². The molecule has 0 aliphatic rings. The number of ether oxygens (including phenoxy) is 2. The molecule has 11 heteroatoms. The van der Waals surface area contributed by atoms with Crippen molar-refractivity contribution >= 4 is 39.1 Å². The van der Waals surface area contributed by atoms with Crippen LogP contribution in [0.25, 0.3) is 0 Å². The maximum absolute atomic E-state index is 14.1. The van der Waals surface area contributed by atoms with E-state index in [1.165, 1.54) is 43.4 Å². The van der Waals surface area contributed by atoms with Gasteiger partial charge in [-0.2, -0.15) is 0 Å². The summed E-state index contributed by atoms with van der Waals surface area (Å²) in [5, 5.41) is 3.34. The van der Waals surface area contributed by atoms with Gasteiger partial charge in [0.05, 0.1) is 24.8 Å². The van der Waals surface area contributed by atoms with E-state index in [2.05, 4.69) is 5.32 Å². The minimum atomic E-state index is -4.23. The molecule has 0 spiro atoms. The quantitative estimate of drug-likeness (QED) is 0.284. The molecule has 2 unspecified atom stereocenters. The smallest absolute Gasteiger partial charge is 0.264 e. The van der Waals surface area contributed by atoms with Crippen LogP contribution in [0.4, 0.5) is 5.69 Å². The Morgan fingerprint density at radius 2 is 1.60 bits per heavy atom. The van der Waals surface area contributed by atoms with Crippen LogP contribution in [-0.4, -0.2) is 58.0 Å². The molecule has 0 bridgehead atoms. The molecule has 0 heterocycles. The van der Waals surface area contributed by atoms with Gasteiger partial charge in [-0.1, -0.05) is 54.4 Å². The summed E-state index contributed by atoms with van der Waals surface area (Å²) in [6, 6.07) is 16.9. The Labute approximate surface area is 253 Å². The molecule has 2 amide bonds. The number of sulfonamides is 1. The average Bonchev–Trinajstić information content (AvgIpc) is 2.98. The number of halogens is 1. The molecule has 9 nitrogen and oxygen atoms in total. The number of methoxy groups -OCH3 is 2. The second kappa shape index (κ2) is 14.4. The summed E-state index contributed by atoms with van der Waals surface area (Å²) in [6.45, 7) is 6.69. The molecule has 3 aromatic carbocycles. The van der Waals surface area contributed by atoms with Crippen molar-refractivity contribution in [3.63, 3.8) is 0 Å². The Morgan fingerprint density at radius 1 is 0.952 bits per heavy atom. The molecule has 2 atom stereocenters. The summed E-state index contributed by atoms with van der Waals surface area (Å²) < 4.78 is 39.8. The van der Waals surface area contributed by atoms with Gasteiger partial charge in [-0.05, 0) is 63.1 Å². The second-order valence-electron chi connectivity index (χ2n) is 9.97. The number of aryl methyl sites for hydroxylation is 1. The van der Waals surface area contributed by atoms with Gasteiger partial charge < -0.3 is 19.7 Å². The van der Waals surface area contributed by atoms with E-state index in [1.807, 2.05) is 20.8 Å². The number of nitrogens with zero attached hydrogens (tertiary/aromatic N) is 2. The zero-order valence-corrected chi connectivity index (χ0v) is 26.3. The fourth-order valence-electron chi connectivity index (χ4n) is 4.20. The number of benzene rings is 3. The summed E-state index contributed by atoms with van der Waals surface area (Å²) in [5.41, 5.74) is 1.69. The van der Waals surface area contributed by atoms with Crippen molar-refractivity contribution in [2.45, 2.75) is 57.6 Å². The molecule has 0 fully saturated rings. The molecule has 3 aromatic rings. The van der Waals surface area contributed by atoms with Gasteiger partial charge in [-0.15, -0.1) is 0 Å². The first kappa shape index (κ1) is 32.8. The molecular weight excluding hydrogens is 578 g/mol. The van der Waals surface area contributed by atoms with E-state index in [0.717, 1.165) is 9.87 Å². The second-order valence-corrected chi connectivity index (χ2v) is 12.2. The van der Waals surface area contributed by atoms with Crippen LogP contribution in [0, 0.1) is 6.92 Å². The molecule has 0 radical (unpaired) electrons. The fourth-order valence-corrected chi connectivity index (χ4v) is 5.81. The van der Waals surface area contributed by atoms with Crippen molar-refractivity contribution in [3.05, 3.63) is 82.9 Å². The fraction of sp³-hybridized carbons (Fsp3) is 0.355. The van der Waals surface area contributed by atoms with Gasteiger partial charge in [0.2, 0.25) is 11.8 Å². The third-order valence-electron chi connectivity index (χ3n) is 7.01. The third-order valence-corrected chi connectivity index (χ3v) is 9.17. The predicted octanol–water partition coefficient (Wildman–Crippen LogP) is 5.19. The lowest BCUT2D eigenvalue weighted by Gasteiger charge is -2.32. The van der Waals surface area contributed by atoms with E-state index in [9.17, 15) is 18.0 Å². The van der Waals surface area contributed by atoms with Crippen LogP contribution < -0.4 is 19.1 Å². The van der Waals surface area contributed by atoms with Gasteiger partial charge in [-0.3, -0.25) is 13.9 Å². The molecular formula is C31H38ClN3O6S. The SMILES string of the molecule is CCC(C)NC(=O)C(C)N(Cc1ccccc1Cl)C(=O)CN(c1ccc(OC)c(OC)c1)S(=O)(=O)c1ccc(C)cc1. The summed E-state index contributed by atoms with van der Waals surface area (Å²) in [6.07, 6.45) is 0.707. The number of anilines is 1. The van der Waals surface area contributed by atoms with E-state index in [4.69, 9.17) is 21.1 Å². The van der Waals surface area contributed by atoms with Crippen LogP contribution in [0.15, 0.2) is 71.6 Å². The molecule has 1 N–H and O–H groups in total. The van der Waals surface area contributed by atoms with Gasteiger partial charge in [0.15, 0.2) is 11.5 Å². The molecule has 0 aliphatic carbocycles. The minimum Gasteiger partial charge on any atom is -0.493 e. The molecule has 42 heavy (non-hydrogen) atoms. The zero-order valence-electron chi connectivity index (χ0n) is 24.8. The lowest BCUT2D eigenvalue weighted by atomic mass is 10.1. The van der Waals surface area contributed by atoms with Crippen LogP contribution in [0.5, 0.6) is 11.5 Å². The topological polar surface area (TPSA) is 105 Å². The number of hydrogen-bond acceptors (Lipinski definition) is 6. The van der Waals surface area contributed by atoms with Crippen molar-refractivity contribution in [3.8, 4) is 11.5 Å². The first-order valence-corrected chi connectivity index (χ1v) is 15.4. The van der Waals surface area contributed by atoms with E-state index in [0.29, 0.717) is 28.5 Å². The number of hydrogen-bond donors (Lipinski definition) is 1. The standard InChI is InChI=1S/C31H38ClN3O6S/c1-7-22(3)33-31(37)23(4)34(19-24-10-8-9-11-27(24)32)30(36)20-35(25-14-17-28(40-5)29(18-25)41-6)42(38,39)26-15-12-21(2)13-16-26/h8-18,22-23H,7,19-20H2,1-6H3,(H,33,37). The van der Waals surface area contributed by atoms with Crippen molar-refractivity contribution in [2.24, 2.45) is 0 Å². The number of nitrogens with one attached hydrogen (secondary N) is 1. The highest BCUT2D eigenvalue weighted by Crippen LogP contribution is 2.34. The van der Waals surface area contributed by atoms with Gasteiger partial charge in [0.25, 0.3) is 10.0 Å². The number of amides is 2. The first-order chi connectivity index (χ1) is 19.9. The minimum absolute atomic E-state index is 0.00203. The number of carbonyl (C=O) groups is 2. The van der Waals surface area contributed by atoms with Crippen molar-refractivity contribution in [2.75, 3.05) is 25.1 Å². The largest absolute Gasteiger partial charge is 0.493 e. The van der Waals surface area contributed by atoms with Crippen molar-refractivity contribution in [1.82, 2.24) is 10.2 Å². The monoisotopic (exact) mass is 615 g/mol. The van der Waals surface area contributed by atoms with Crippen LogP contribution in [-0.2, 0) is 26.2 Å². The third kappa shape index (κ3) is 7.74. The molecule has 0 saturated carbocycles. The summed E-state index contributed by atoms with van der Waals surface area (Å²) in [7, 11) is -1.32. The average molecular weight is 616 g/mol. The Morgan fingerprint density at radius 3 is 2.19 bits per heavy atom. The van der Waals surface area contributed by atoms with Crippen molar-refractivity contribution < 1.29 is 27.5 Å². The molecule has 3 rings (SSSR count). The van der Waals surface area contributed by atoms with Gasteiger partial charge in [0.1, 0.15) is 12.6 Å². The van der Waals surface area contributed by atoms with Gasteiger partial charge >= 0.3 is 0 Å². The highest BCUT2D eigenvalue weighted by Gasteiger charge is 2.33. The van der Waals surface area contributed by atoms with E-state index < -0.39 is 28.5 Å². The molecule has 226 valence electrons. The van der Waals surface area contributed by atoms with Gasteiger partial charge in [0, 0.05) is 23.7 Å². The van der Waals surface area contributed by atoms with Crippen LogP contribution >= 0.6 is 11.6 Å². The predicted molar refractivity (Wildman–Crippen MR) is 165 cm³/mol. The van der Waals surface area contributed by atoms with Crippen LogP contribution in [0.3, 0.4) is 0 Å². The lowest BCUT2D eigenvalue weighted by molar-refractivity contribution is -0.139.